The average molecular weight is 413 g/mol. The molecule has 0 unspecified atom stereocenters. The second-order valence-corrected chi connectivity index (χ2v) is 8.58. The molecule has 7 heteroatoms. The summed E-state index contributed by atoms with van der Waals surface area (Å²) < 4.78 is 5.80. The van der Waals surface area contributed by atoms with Gasteiger partial charge in [0.2, 0.25) is 5.91 Å². The predicted octanol–water partition coefficient (Wildman–Crippen LogP) is 4.17. The first kappa shape index (κ1) is 18.7. The molecule has 144 valence electrons. The van der Waals surface area contributed by atoms with Crippen molar-refractivity contribution in [2.24, 2.45) is 0 Å². The number of benzene rings is 1. The number of ether oxygens (including phenoxy) is 1. The van der Waals surface area contributed by atoms with Gasteiger partial charge in [-0.3, -0.25) is 9.59 Å². The molecule has 1 N–H and O–H groups in total. The zero-order chi connectivity index (χ0) is 19.3. The lowest BCUT2D eigenvalue weighted by Crippen LogP contribution is -2.42. The Morgan fingerprint density at radius 2 is 1.79 bits per heavy atom. The maximum atomic E-state index is 13.0. The number of nitrogens with one attached hydrogen (secondary N) is 1. The first-order valence-electron chi connectivity index (χ1n) is 9.08. The van der Waals surface area contributed by atoms with Crippen LogP contribution in [-0.2, 0) is 22.6 Å². The quantitative estimate of drug-likeness (QED) is 0.634. The van der Waals surface area contributed by atoms with Gasteiger partial charge in [-0.1, -0.05) is 24.3 Å². The lowest BCUT2D eigenvalue weighted by molar-refractivity contribution is -0.137. The standard InChI is InChI=1S/C21H20N2O3S2/c24-20(13-19-21(25)22-17-7-1-2-8-18(17)26-19)23(14-16-6-4-12-28-16)10-9-15-5-3-11-27-15/h1-8,11-12,19H,9-10,13-14H2,(H,22,25)/t19-/m1/s1. The summed E-state index contributed by atoms with van der Waals surface area (Å²) in [6.07, 6.45) is 0.0145. The zero-order valence-corrected chi connectivity index (χ0v) is 16.8. The summed E-state index contributed by atoms with van der Waals surface area (Å²) in [5.74, 6) is 0.245. The Bertz CT molecular complexity index is 938. The van der Waals surface area contributed by atoms with E-state index in [1.165, 1.54) is 4.88 Å². The molecule has 1 atom stereocenters. The van der Waals surface area contributed by atoms with E-state index >= 15 is 0 Å². The Morgan fingerprint density at radius 1 is 1.04 bits per heavy atom. The average Bonchev–Trinajstić information content (AvgIpc) is 3.39. The van der Waals surface area contributed by atoms with Gasteiger partial charge in [-0.25, -0.2) is 0 Å². The van der Waals surface area contributed by atoms with E-state index in [-0.39, 0.29) is 18.2 Å². The van der Waals surface area contributed by atoms with Crippen LogP contribution in [-0.4, -0.2) is 29.4 Å². The molecule has 3 heterocycles. The van der Waals surface area contributed by atoms with Crippen molar-refractivity contribution in [2.45, 2.75) is 25.5 Å². The Labute approximate surface area is 171 Å². The number of anilines is 1. The molecule has 4 rings (SSSR count). The predicted molar refractivity (Wildman–Crippen MR) is 112 cm³/mol. The number of para-hydroxylation sites is 2. The van der Waals surface area contributed by atoms with Gasteiger partial charge in [-0.2, -0.15) is 0 Å². The molecule has 1 aliphatic rings. The van der Waals surface area contributed by atoms with Crippen molar-refractivity contribution in [3.63, 3.8) is 0 Å². The minimum atomic E-state index is -0.810. The van der Waals surface area contributed by atoms with Gasteiger partial charge in [0, 0.05) is 16.3 Å². The Hall–Kier alpha value is -2.64. The van der Waals surface area contributed by atoms with Crippen LogP contribution in [0.2, 0.25) is 0 Å². The molecule has 2 aromatic heterocycles. The van der Waals surface area contributed by atoms with Gasteiger partial charge >= 0.3 is 0 Å². The van der Waals surface area contributed by atoms with Gasteiger partial charge in [0.25, 0.3) is 5.91 Å². The summed E-state index contributed by atoms with van der Waals surface area (Å²) in [5, 5.41) is 6.87. The van der Waals surface area contributed by atoms with E-state index in [9.17, 15) is 9.59 Å². The highest BCUT2D eigenvalue weighted by atomic mass is 32.1. The van der Waals surface area contributed by atoms with E-state index in [0.29, 0.717) is 24.5 Å². The van der Waals surface area contributed by atoms with Crippen molar-refractivity contribution in [3.8, 4) is 5.75 Å². The van der Waals surface area contributed by atoms with E-state index in [2.05, 4.69) is 11.4 Å². The number of hydrogen-bond acceptors (Lipinski definition) is 5. The maximum Gasteiger partial charge on any atom is 0.266 e. The molecular weight excluding hydrogens is 392 g/mol. The zero-order valence-electron chi connectivity index (χ0n) is 15.2. The van der Waals surface area contributed by atoms with Crippen LogP contribution in [0.3, 0.4) is 0 Å². The topological polar surface area (TPSA) is 58.6 Å². The minimum Gasteiger partial charge on any atom is -0.478 e. The lowest BCUT2D eigenvalue weighted by Gasteiger charge is -2.28. The fourth-order valence-electron chi connectivity index (χ4n) is 3.10. The smallest absolute Gasteiger partial charge is 0.266 e. The van der Waals surface area contributed by atoms with Crippen LogP contribution in [0.25, 0.3) is 0 Å². The fourth-order valence-corrected chi connectivity index (χ4v) is 4.51. The summed E-state index contributed by atoms with van der Waals surface area (Å²) in [5.41, 5.74) is 0.643. The van der Waals surface area contributed by atoms with Crippen LogP contribution in [0.5, 0.6) is 5.75 Å². The van der Waals surface area contributed by atoms with Crippen molar-refractivity contribution in [1.29, 1.82) is 0 Å². The van der Waals surface area contributed by atoms with Crippen molar-refractivity contribution in [2.75, 3.05) is 11.9 Å². The highest BCUT2D eigenvalue weighted by molar-refractivity contribution is 7.10. The molecule has 5 nitrogen and oxygen atoms in total. The molecule has 1 aromatic carbocycles. The highest BCUT2D eigenvalue weighted by Crippen LogP contribution is 2.30. The number of fused-ring (bicyclic) bond motifs is 1. The second-order valence-electron chi connectivity index (χ2n) is 6.52. The number of hydrogen-bond donors (Lipinski definition) is 1. The number of thiophene rings is 2. The first-order chi connectivity index (χ1) is 13.7. The molecule has 0 spiro atoms. The van der Waals surface area contributed by atoms with Crippen LogP contribution in [0, 0.1) is 0 Å². The van der Waals surface area contributed by atoms with Crippen LogP contribution in [0.4, 0.5) is 5.69 Å². The van der Waals surface area contributed by atoms with E-state index in [0.717, 1.165) is 11.3 Å². The van der Waals surface area contributed by atoms with Gasteiger partial charge in [0.1, 0.15) is 5.75 Å². The molecule has 0 radical (unpaired) electrons. The van der Waals surface area contributed by atoms with E-state index in [1.807, 2.05) is 46.0 Å². The Balaban J connectivity index is 1.44. The second kappa shape index (κ2) is 8.58. The normalized spacial score (nSPS) is 15.4. The van der Waals surface area contributed by atoms with Gasteiger partial charge in [0.15, 0.2) is 6.10 Å². The van der Waals surface area contributed by atoms with Gasteiger partial charge < -0.3 is 15.0 Å². The summed E-state index contributed by atoms with van der Waals surface area (Å²) in [6.45, 7) is 1.16. The van der Waals surface area contributed by atoms with E-state index in [4.69, 9.17) is 4.74 Å². The van der Waals surface area contributed by atoms with Crippen molar-refractivity contribution < 1.29 is 14.3 Å². The number of amides is 2. The lowest BCUT2D eigenvalue weighted by atomic mass is 10.1. The number of nitrogens with zero attached hydrogens (tertiary/aromatic N) is 1. The van der Waals surface area contributed by atoms with Gasteiger partial charge in [0.05, 0.1) is 18.7 Å². The molecule has 0 saturated carbocycles. The monoisotopic (exact) mass is 412 g/mol. The SMILES string of the molecule is O=C1Nc2ccccc2O[C@@H]1CC(=O)N(CCc1cccs1)Cc1cccs1. The summed E-state index contributed by atoms with van der Waals surface area (Å²) >= 11 is 3.32. The van der Waals surface area contributed by atoms with Crippen LogP contribution >= 0.6 is 22.7 Å². The first-order valence-corrected chi connectivity index (χ1v) is 10.8. The number of carbonyl (C=O) groups is 2. The van der Waals surface area contributed by atoms with E-state index < -0.39 is 6.10 Å². The Kier molecular flexibility index (Phi) is 5.73. The van der Waals surface area contributed by atoms with Crippen LogP contribution in [0.1, 0.15) is 16.2 Å². The van der Waals surface area contributed by atoms with Crippen molar-refractivity contribution in [1.82, 2.24) is 4.90 Å². The highest BCUT2D eigenvalue weighted by Gasteiger charge is 2.31. The molecule has 0 aliphatic carbocycles. The number of rotatable bonds is 7. The summed E-state index contributed by atoms with van der Waals surface area (Å²) in [6, 6.07) is 15.4. The van der Waals surface area contributed by atoms with E-state index in [1.54, 1.807) is 34.8 Å². The Morgan fingerprint density at radius 3 is 2.54 bits per heavy atom. The molecular formula is C21H20N2O3S2. The summed E-state index contributed by atoms with van der Waals surface area (Å²) in [4.78, 5) is 29.6. The van der Waals surface area contributed by atoms with Crippen molar-refractivity contribution in [3.05, 3.63) is 69.0 Å². The minimum absolute atomic E-state index is 0.0238. The molecule has 3 aromatic rings. The van der Waals surface area contributed by atoms with Crippen LogP contribution < -0.4 is 10.1 Å². The molecule has 0 fully saturated rings. The van der Waals surface area contributed by atoms with Crippen molar-refractivity contribution >= 4 is 40.2 Å². The van der Waals surface area contributed by atoms with Gasteiger partial charge in [-0.05, 0) is 41.4 Å². The molecule has 0 bridgehead atoms. The third-order valence-corrected chi connectivity index (χ3v) is 6.35. The third-order valence-electron chi connectivity index (χ3n) is 4.55. The molecule has 28 heavy (non-hydrogen) atoms. The van der Waals surface area contributed by atoms with Gasteiger partial charge in [-0.15, -0.1) is 22.7 Å². The molecule has 1 aliphatic heterocycles. The molecule has 2 amide bonds. The largest absolute Gasteiger partial charge is 0.478 e. The van der Waals surface area contributed by atoms with Crippen LogP contribution in [0.15, 0.2) is 59.3 Å². The number of carbonyl (C=O) groups excluding carboxylic acids is 2. The molecule has 0 saturated heterocycles. The fraction of sp³-hybridized carbons (Fsp3) is 0.238. The maximum absolute atomic E-state index is 13.0. The third kappa shape index (κ3) is 4.43. The summed E-state index contributed by atoms with van der Waals surface area (Å²) in [7, 11) is 0.